The van der Waals surface area contributed by atoms with Crippen LogP contribution in [-0.2, 0) is 0 Å². The van der Waals surface area contributed by atoms with E-state index in [1.807, 2.05) is 36.4 Å². The van der Waals surface area contributed by atoms with E-state index < -0.39 is 0 Å². The second-order valence-electron chi connectivity index (χ2n) is 17.9. The van der Waals surface area contributed by atoms with Gasteiger partial charge in [-0.05, 0) is 82.9 Å². The molecule has 15 rings (SSSR count). The first-order chi connectivity index (χ1) is 34.7. The fourth-order valence-corrected chi connectivity index (χ4v) is 10.8. The van der Waals surface area contributed by atoms with Gasteiger partial charge in [0, 0.05) is 59.9 Å². The first-order valence-corrected chi connectivity index (χ1v) is 23.5. The molecular weight excluding hydrogens is 859 g/mol. The Balaban J connectivity index is 1.02. The molecule has 7 nitrogen and oxygen atoms in total. The molecule has 0 saturated carbocycles. The highest BCUT2D eigenvalue weighted by atomic mass is 16.3. The number of furan rings is 2. The number of hydrogen-bond acceptors (Lipinski definition) is 5. The van der Waals surface area contributed by atoms with E-state index >= 15 is 0 Å². The van der Waals surface area contributed by atoms with Crippen molar-refractivity contribution in [2.45, 2.75) is 0 Å². The maximum absolute atomic E-state index is 6.66. The summed E-state index contributed by atoms with van der Waals surface area (Å²) in [5.74, 6) is 1.53. The number of rotatable bonds is 6. The molecule has 326 valence electrons. The van der Waals surface area contributed by atoms with Crippen LogP contribution in [0.25, 0.3) is 144 Å². The Morgan fingerprint density at radius 2 is 0.814 bits per heavy atom. The van der Waals surface area contributed by atoms with Crippen LogP contribution < -0.4 is 0 Å². The van der Waals surface area contributed by atoms with Crippen molar-refractivity contribution in [3.05, 3.63) is 224 Å². The van der Waals surface area contributed by atoms with Crippen molar-refractivity contribution in [2.24, 2.45) is 0 Å². The molecule has 0 aliphatic carbocycles. The Kier molecular flexibility index (Phi) is 8.23. The van der Waals surface area contributed by atoms with E-state index in [0.717, 1.165) is 127 Å². The summed E-state index contributed by atoms with van der Waals surface area (Å²) in [6, 6.07) is 78.6. The van der Waals surface area contributed by atoms with Gasteiger partial charge in [-0.3, -0.25) is 4.57 Å². The standard InChI is InChI=1S/C63H37N5O2/c1-3-15-38(16-4-1)40-19-13-20-43(35-40)67-52-25-10-7-21-45(52)49-33-34-50-46-22-8-11-26-53(46)68(60(50)59(49)67)63-65-61(41-29-31-48-47-23-9-12-27-54(47)69-56(48)36-41)64-62(66-63)42-30-32-51-57(37-42)70-55-28-14-24-44(58(51)55)39-17-5-2-6-18-39/h1-37H. The SMILES string of the molecule is c1ccc(-c2cccc(-n3c4ccccc4c4ccc5c6ccccc6n(-c6nc(-c7ccc8c(c7)oc7ccccc78)nc(-c7ccc8c(c7)oc7cccc(-c9ccccc9)c78)n6)c5c43)c2)cc1. The predicted octanol–water partition coefficient (Wildman–Crippen LogP) is 16.5. The van der Waals surface area contributed by atoms with Crippen molar-refractivity contribution < 1.29 is 8.83 Å². The Hall–Kier alpha value is -9.59. The van der Waals surface area contributed by atoms with E-state index in [1.165, 1.54) is 0 Å². The second kappa shape index (κ2) is 15.0. The normalized spacial score (nSPS) is 12.0. The lowest BCUT2D eigenvalue weighted by atomic mass is 9.99. The van der Waals surface area contributed by atoms with Crippen LogP contribution in [0.4, 0.5) is 0 Å². The number of hydrogen-bond donors (Lipinski definition) is 0. The van der Waals surface area contributed by atoms with Gasteiger partial charge < -0.3 is 13.4 Å². The van der Waals surface area contributed by atoms with Gasteiger partial charge in [0.25, 0.3) is 0 Å². The van der Waals surface area contributed by atoms with E-state index in [0.29, 0.717) is 17.6 Å². The van der Waals surface area contributed by atoms with Crippen LogP contribution in [0.2, 0.25) is 0 Å². The zero-order valence-electron chi connectivity index (χ0n) is 37.4. The molecule has 0 unspecified atom stereocenters. The lowest BCUT2D eigenvalue weighted by Gasteiger charge is -2.14. The molecule has 70 heavy (non-hydrogen) atoms. The molecule has 0 aliphatic heterocycles. The zero-order valence-corrected chi connectivity index (χ0v) is 37.4. The summed E-state index contributed by atoms with van der Waals surface area (Å²) in [5, 5.41) is 8.68. The molecule has 0 atom stereocenters. The molecule has 5 heterocycles. The maximum Gasteiger partial charge on any atom is 0.238 e. The van der Waals surface area contributed by atoms with Gasteiger partial charge in [0.2, 0.25) is 5.95 Å². The number of fused-ring (bicyclic) bond motifs is 13. The van der Waals surface area contributed by atoms with Gasteiger partial charge in [-0.15, -0.1) is 0 Å². The van der Waals surface area contributed by atoms with Crippen LogP contribution in [0.5, 0.6) is 0 Å². The minimum Gasteiger partial charge on any atom is -0.456 e. The Bertz CT molecular complexity index is 4600. The summed E-state index contributed by atoms with van der Waals surface area (Å²) >= 11 is 0. The topological polar surface area (TPSA) is 74.8 Å². The fourth-order valence-electron chi connectivity index (χ4n) is 10.8. The molecule has 0 saturated heterocycles. The van der Waals surface area contributed by atoms with Gasteiger partial charge in [0.15, 0.2) is 11.6 Å². The summed E-state index contributed by atoms with van der Waals surface area (Å²) in [5.41, 5.74) is 14.6. The molecule has 0 radical (unpaired) electrons. The first-order valence-electron chi connectivity index (χ1n) is 23.5. The molecule has 0 bridgehead atoms. The van der Waals surface area contributed by atoms with Crippen LogP contribution in [0.15, 0.2) is 233 Å². The quantitative estimate of drug-likeness (QED) is 0.166. The molecular formula is C63H37N5O2. The third-order valence-electron chi connectivity index (χ3n) is 14.0. The van der Waals surface area contributed by atoms with Crippen LogP contribution in [0, 0.1) is 0 Å². The molecule has 15 aromatic rings. The summed E-state index contributed by atoms with van der Waals surface area (Å²) < 4.78 is 17.8. The van der Waals surface area contributed by atoms with Gasteiger partial charge in [-0.2, -0.15) is 9.97 Å². The molecule has 5 aromatic heterocycles. The maximum atomic E-state index is 6.66. The van der Waals surface area contributed by atoms with Gasteiger partial charge in [0.05, 0.1) is 22.1 Å². The van der Waals surface area contributed by atoms with Gasteiger partial charge in [0.1, 0.15) is 22.3 Å². The highest BCUT2D eigenvalue weighted by molar-refractivity contribution is 6.24. The minimum absolute atomic E-state index is 0.495. The van der Waals surface area contributed by atoms with Crippen molar-refractivity contribution in [3.8, 4) is 56.7 Å². The van der Waals surface area contributed by atoms with Crippen molar-refractivity contribution in [3.63, 3.8) is 0 Å². The average Bonchev–Trinajstić information content (AvgIpc) is 4.18. The smallest absolute Gasteiger partial charge is 0.238 e. The van der Waals surface area contributed by atoms with E-state index in [-0.39, 0.29) is 0 Å². The highest BCUT2D eigenvalue weighted by Crippen LogP contribution is 2.43. The number of aromatic nitrogens is 5. The van der Waals surface area contributed by atoms with Gasteiger partial charge in [-0.25, -0.2) is 4.98 Å². The molecule has 7 heteroatoms. The lowest BCUT2D eigenvalue weighted by Crippen LogP contribution is -2.07. The highest BCUT2D eigenvalue weighted by Gasteiger charge is 2.24. The van der Waals surface area contributed by atoms with E-state index in [2.05, 4.69) is 197 Å². The Morgan fingerprint density at radius 3 is 1.54 bits per heavy atom. The minimum atomic E-state index is 0.495. The molecule has 0 amide bonds. The van der Waals surface area contributed by atoms with Crippen molar-refractivity contribution in [1.29, 1.82) is 0 Å². The van der Waals surface area contributed by atoms with Crippen LogP contribution in [0.1, 0.15) is 0 Å². The summed E-state index contributed by atoms with van der Waals surface area (Å²) in [4.78, 5) is 16.2. The number of para-hydroxylation sites is 3. The monoisotopic (exact) mass is 895 g/mol. The average molecular weight is 896 g/mol. The third-order valence-corrected chi connectivity index (χ3v) is 14.0. The van der Waals surface area contributed by atoms with E-state index in [1.54, 1.807) is 0 Å². The number of nitrogens with zero attached hydrogens (tertiary/aromatic N) is 5. The summed E-state index contributed by atoms with van der Waals surface area (Å²) in [7, 11) is 0. The van der Waals surface area contributed by atoms with Gasteiger partial charge in [-0.1, -0.05) is 164 Å². The Morgan fingerprint density at radius 1 is 0.300 bits per heavy atom. The van der Waals surface area contributed by atoms with Crippen molar-refractivity contribution in [1.82, 2.24) is 24.1 Å². The lowest BCUT2D eigenvalue weighted by molar-refractivity contribution is 0.668. The van der Waals surface area contributed by atoms with Crippen molar-refractivity contribution >= 4 is 87.5 Å². The summed E-state index contributed by atoms with van der Waals surface area (Å²) in [6.45, 7) is 0. The van der Waals surface area contributed by atoms with E-state index in [9.17, 15) is 0 Å². The third kappa shape index (κ3) is 5.79. The van der Waals surface area contributed by atoms with Crippen LogP contribution in [-0.4, -0.2) is 24.1 Å². The van der Waals surface area contributed by atoms with E-state index in [4.69, 9.17) is 23.8 Å². The fraction of sp³-hybridized carbons (Fsp3) is 0. The molecule has 0 spiro atoms. The summed E-state index contributed by atoms with van der Waals surface area (Å²) in [6.07, 6.45) is 0. The second-order valence-corrected chi connectivity index (χ2v) is 17.9. The largest absolute Gasteiger partial charge is 0.456 e. The predicted molar refractivity (Wildman–Crippen MR) is 285 cm³/mol. The molecule has 0 N–H and O–H groups in total. The first kappa shape index (κ1) is 38.5. The zero-order chi connectivity index (χ0) is 45.9. The van der Waals surface area contributed by atoms with Crippen molar-refractivity contribution in [2.75, 3.05) is 0 Å². The number of benzene rings is 10. The van der Waals surface area contributed by atoms with Crippen LogP contribution >= 0.6 is 0 Å². The van der Waals surface area contributed by atoms with Crippen LogP contribution in [0.3, 0.4) is 0 Å². The Labute approximate surface area is 399 Å². The molecule has 0 aliphatic rings. The molecule has 10 aromatic carbocycles. The van der Waals surface area contributed by atoms with Gasteiger partial charge >= 0.3 is 0 Å². The molecule has 0 fully saturated rings.